The summed E-state index contributed by atoms with van der Waals surface area (Å²) in [5.74, 6) is 0.978. The van der Waals surface area contributed by atoms with Gasteiger partial charge in [0.1, 0.15) is 5.52 Å². The third-order valence-corrected chi connectivity index (χ3v) is 8.06. The van der Waals surface area contributed by atoms with Crippen molar-refractivity contribution in [3.05, 3.63) is 64.7 Å². The highest BCUT2D eigenvalue weighted by Crippen LogP contribution is 2.51. The molecule has 1 fully saturated rings. The molecule has 172 valence electrons. The van der Waals surface area contributed by atoms with Crippen LogP contribution in [0.1, 0.15) is 47.0 Å². The first kappa shape index (κ1) is 20.9. The number of nitrogens with zero attached hydrogens (tertiary/aromatic N) is 7. The lowest BCUT2D eigenvalue weighted by molar-refractivity contribution is 0.187. The first-order valence-electron chi connectivity index (χ1n) is 11.8. The number of fused-ring (bicyclic) bond motifs is 2. The minimum Gasteiger partial charge on any atom is -0.355 e. The molecule has 2 aliphatic rings. The highest BCUT2D eigenvalue weighted by Gasteiger charge is 2.46. The Morgan fingerprint density at radius 3 is 2.65 bits per heavy atom. The smallest absolute Gasteiger partial charge is 0.155 e. The summed E-state index contributed by atoms with van der Waals surface area (Å²) in [5, 5.41) is 18.4. The number of aryl methyl sites for hydroxylation is 2. The topological polar surface area (TPSA) is 101 Å². The van der Waals surface area contributed by atoms with Crippen LogP contribution in [0.15, 0.2) is 36.7 Å². The molecule has 8 heteroatoms. The fourth-order valence-electron chi connectivity index (χ4n) is 5.93. The van der Waals surface area contributed by atoms with Gasteiger partial charge >= 0.3 is 0 Å². The number of hydrogen-bond donors (Lipinski definition) is 1. The third kappa shape index (κ3) is 2.90. The van der Waals surface area contributed by atoms with Crippen molar-refractivity contribution in [1.82, 2.24) is 24.4 Å². The molecule has 4 aromatic rings. The molecule has 0 bridgehead atoms. The summed E-state index contributed by atoms with van der Waals surface area (Å²) in [4.78, 5) is 7.46. The zero-order valence-electron chi connectivity index (χ0n) is 19.8. The van der Waals surface area contributed by atoms with Crippen LogP contribution in [0.3, 0.4) is 0 Å². The summed E-state index contributed by atoms with van der Waals surface area (Å²) in [6, 6.07) is 10.3. The molecule has 34 heavy (non-hydrogen) atoms. The largest absolute Gasteiger partial charge is 0.355 e. The molecule has 0 unspecified atom stereocenters. The van der Waals surface area contributed by atoms with Crippen LogP contribution in [0.4, 0.5) is 5.82 Å². The highest BCUT2D eigenvalue weighted by atomic mass is 15.3. The summed E-state index contributed by atoms with van der Waals surface area (Å²) >= 11 is 0. The minimum atomic E-state index is -0.0291. The van der Waals surface area contributed by atoms with E-state index in [0.29, 0.717) is 5.56 Å². The van der Waals surface area contributed by atoms with E-state index in [0.717, 1.165) is 71.9 Å². The van der Waals surface area contributed by atoms with Crippen molar-refractivity contribution in [3.63, 3.8) is 0 Å². The van der Waals surface area contributed by atoms with Crippen LogP contribution in [0.25, 0.3) is 16.8 Å². The molecular formula is C26H28N8. The number of nitrogens with two attached hydrogens (primary N) is 1. The Labute approximate surface area is 198 Å². The predicted octanol–water partition coefficient (Wildman–Crippen LogP) is 3.46. The van der Waals surface area contributed by atoms with E-state index in [1.165, 1.54) is 5.56 Å². The van der Waals surface area contributed by atoms with E-state index < -0.39 is 0 Å². The molecule has 3 aromatic heterocycles. The molecule has 1 spiro atoms. The van der Waals surface area contributed by atoms with Gasteiger partial charge in [0.15, 0.2) is 5.82 Å². The summed E-state index contributed by atoms with van der Waals surface area (Å²) in [6.07, 6.45) is 6.71. The first-order chi connectivity index (χ1) is 16.4. The maximum atomic E-state index is 9.30. The monoisotopic (exact) mass is 452 g/mol. The Morgan fingerprint density at radius 2 is 1.94 bits per heavy atom. The molecule has 0 radical (unpaired) electrons. The SMILES string of the molecule is Cc1nc(N2CCC3(CC2)Cc2ccc(C#N)cc2[C@H]3N)c2ccnn2c1-c1cnn(C)c1C. The van der Waals surface area contributed by atoms with E-state index in [-0.39, 0.29) is 11.5 Å². The van der Waals surface area contributed by atoms with Gasteiger partial charge in [0, 0.05) is 37.4 Å². The van der Waals surface area contributed by atoms with Crippen molar-refractivity contribution in [1.29, 1.82) is 5.26 Å². The fraction of sp³-hybridized carbons (Fsp3) is 0.385. The van der Waals surface area contributed by atoms with Crippen molar-refractivity contribution >= 4 is 11.3 Å². The van der Waals surface area contributed by atoms with E-state index >= 15 is 0 Å². The van der Waals surface area contributed by atoms with Gasteiger partial charge in [-0.1, -0.05) is 6.07 Å². The van der Waals surface area contributed by atoms with Crippen LogP contribution < -0.4 is 10.6 Å². The predicted molar refractivity (Wildman–Crippen MR) is 130 cm³/mol. The maximum absolute atomic E-state index is 9.30. The molecule has 2 N–H and O–H groups in total. The highest BCUT2D eigenvalue weighted by molar-refractivity contribution is 5.76. The van der Waals surface area contributed by atoms with Gasteiger partial charge in [0.25, 0.3) is 0 Å². The molecule has 0 saturated carbocycles. The van der Waals surface area contributed by atoms with Crippen LogP contribution in [0.2, 0.25) is 0 Å². The van der Waals surface area contributed by atoms with Crippen LogP contribution in [0, 0.1) is 30.6 Å². The zero-order chi connectivity index (χ0) is 23.6. The average molecular weight is 453 g/mol. The van der Waals surface area contributed by atoms with Crippen molar-refractivity contribution < 1.29 is 0 Å². The summed E-state index contributed by atoms with van der Waals surface area (Å²) in [6.45, 7) is 5.91. The Hall–Kier alpha value is -3.70. The molecule has 1 saturated heterocycles. The number of nitriles is 1. The number of aromatic nitrogens is 5. The van der Waals surface area contributed by atoms with Crippen LogP contribution in [-0.4, -0.2) is 37.5 Å². The van der Waals surface area contributed by atoms with E-state index in [9.17, 15) is 5.26 Å². The number of hydrogen-bond acceptors (Lipinski definition) is 6. The molecule has 1 aromatic carbocycles. The third-order valence-electron chi connectivity index (χ3n) is 8.06. The second kappa shape index (κ2) is 7.40. The van der Waals surface area contributed by atoms with Crippen molar-refractivity contribution in [3.8, 4) is 17.3 Å². The van der Waals surface area contributed by atoms with E-state index in [1.807, 2.05) is 53.8 Å². The second-order valence-electron chi connectivity index (χ2n) is 9.79. The quantitative estimate of drug-likeness (QED) is 0.500. The van der Waals surface area contributed by atoms with E-state index in [2.05, 4.69) is 34.2 Å². The van der Waals surface area contributed by atoms with Gasteiger partial charge in [0.05, 0.1) is 35.4 Å². The van der Waals surface area contributed by atoms with E-state index in [1.54, 1.807) is 0 Å². The van der Waals surface area contributed by atoms with Crippen molar-refractivity contribution in [2.75, 3.05) is 18.0 Å². The average Bonchev–Trinajstić information content (AvgIpc) is 3.52. The number of benzene rings is 1. The first-order valence-corrected chi connectivity index (χ1v) is 11.8. The fourth-order valence-corrected chi connectivity index (χ4v) is 5.93. The standard InChI is InChI=1S/C26H28N8/c1-16-23(21-15-30-32(3)17(21)2)34-22(6-9-29-34)25(31-16)33-10-7-26(8-11-33)13-19-5-4-18(14-27)12-20(19)24(26)28/h4-6,9,12,15,24H,7-8,10-11,13,28H2,1-3H3/t24-/m1/s1. The van der Waals surface area contributed by atoms with Gasteiger partial charge < -0.3 is 10.6 Å². The Kier molecular flexibility index (Phi) is 4.55. The van der Waals surface area contributed by atoms with Gasteiger partial charge in [-0.05, 0) is 67.9 Å². The maximum Gasteiger partial charge on any atom is 0.155 e. The second-order valence-corrected chi connectivity index (χ2v) is 9.79. The van der Waals surface area contributed by atoms with Crippen molar-refractivity contribution in [2.45, 2.75) is 39.2 Å². The number of piperidine rings is 1. The Balaban J connectivity index is 1.32. The molecular weight excluding hydrogens is 424 g/mol. The summed E-state index contributed by atoms with van der Waals surface area (Å²) in [7, 11) is 1.95. The number of rotatable bonds is 2. The molecule has 1 atom stereocenters. The molecule has 6 rings (SSSR count). The molecule has 1 aliphatic carbocycles. The van der Waals surface area contributed by atoms with Crippen LogP contribution in [0.5, 0.6) is 0 Å². The normalized spacial score (nSPS) is 19.0. The van der Waals surface area contributed by atoms with Gasteiger partial charge in [0.2, 0.25) is 0 Å². The summed E-state index contributed by atoms with van der Waals surface area (Å²) < 4.78 is 3.89. The molecule has 1 aliphatic heterocycles. The van der Waals surface area contributed by atoms with Crippen molar-refractivity contribution in [2.24, 2.45) is 18.2 Å². The van der Waals surface area contributed by atoms with Gasteiger partial charge in [-0.15, -0.1) is 0 Å². The van der Waals surface area contributed by atoms with E-state index in [4.69, 9.17) is 10.7 Å². The van der Waals surface area contributed by atoms with Gasteiger partial charge in [-0.2, -0.15) is 15.5 Å². The molecule has 8 nitrogen and oxygen atoms in total. The summed E-state index contributed by atoms with van der Waals surface area (Å²) in [5.41, 5.74) is 15.1. The molecule has 4 heterocycles. The number of anilines is 1. The van der Waals surface area contributed by atoms with Gasteiger partial charge in [-0.25, -0.2) is 9.50 Å². The van der Waals surface area contributed by atoms with Crippen LogP contribution >= 0.6 is 0 Å². The van der Waals surface area contributed by atoms with Crippen LogP contribution in [-0.2, 0) is 13.5 Å². The van der Waals surface area contributed by atoms with Gasteiger partial charge in [-0.3, -0.25) is 4.68 Å². The minimum absolute atomic E-state index is 0.0291. The lowest BCUT2D eigenvalue weighted by Gasteiger charge is -2.42. The zero-order valence-corrected chi connectivity index (χ0v) is 19.8. The lowest BCUT2D eigenvalue weighted by atomic mass is 9.73. The lowest BCUT2D eigenvalue weighted by Crippen LogP contribution is -2.44. The molecule has 0 amide bonds. The Bertz CT molecular complexity index is 1460. The Morgan fingerprint density at radius 1 is 1.15 bits per heavy atom.